The first-order valence-corrected chi connectivity index (χ1v) is 11.9. The summed E-state index contributed by atoms with van der Waals surface area (Å²) in [4.78, 5) is 12.7. The van der Waals surface area contributed by atoms with Crippen molar-refractivity contribution in [3.63, 3.8) is 0 Å². The Hall–Kier alpha value is -3.32. The smallest absolute Gasteiger partial charge is 0.411 e. The van der Waals surface area contributed by atoms with Gasteiger partial charge in [0.25, 0.3) is 0 Å². The van der Waals surface area contributed by atoms with Crippen molar-refractivity contribution in [2.45, 2.75) is 44.8 Å². The average Bonchev–Trinajstić information content (AvgIpc) is 3.27. The average molecular weight is 498 g/mol. The van der Waals surface area contributed by atoms with E-state index >= 15 is 8.78 Å². The van der Waals surface area contributed by atoms with E-state index in [0.717, 1.165) is 24.2 Å². The Balaban J connectivity index is 1.50. The standard InChI is InChI=1S/C27H26ClF2N3O2/c1-14-21-20(13-19(29)22(23(21)30)18-6-4-5-15-11-12-31-24(15)18)33-27(2,3)25(14)35-26(34)32-17-9-7-16(28)8-10-17/h4-10,13-14,25,31,33H,11-12H2,1-3H3,(H,32,34)/t14-,25+/m0/s1. The predicted molar refractivity (Wildman–Crippen MR) is 135 cm³/mol. The number of anilines is 3. The maximum Gasteiger partial charge on any atom is 0.411 e. The molecule has 0 bridgehead atoms. The molecule has 2 heterocycles. The minimum Gasteiger partial charge on any atom is -0.443 e. The molecule has 0 saturated heterocycles. The highest BCUT2D eigenvalue weighted by molar-refractivity contribution is 6.30. The number of nitrogens with one attached hydrogen (secondary N) is 3. The zero-order valence-electron chi connectivity index (χ0n) is 19.6. The van der Waals surface area contributed by atoms with Crippen molar-refractivity contribution in [1.82, 2.24) is 0 Å². The maximum atomic E-state index is 16.1. The van der Waals surface area contributed by atoms with Gasteiger partial charge < -0.3 is 15.4 Å². The molecule has 0 aliphatic carbocycles. The van der Waals surface area contributed by atoms with Gasteiger partial charge in [0.15, 0.2) is 0 Å². The van der Waals surface area contributed by atoms with Gasteiger partial charge in [0.1, 0.15) is 17.7 Å². The van der Waals surface area contributed by atoms with Crippen LogP contribution in [0.1, 0.15) is 37.8 Å². The fourth-order valence-corrected chi connectivity index (χ4v) is 5.34. The Kier molecular flexibility index (Phi) is 5.83. The van der Waals surface area contributed by atoms with Crippen LogP contribution in [0, 0.1) is 11.6 Å². The molecule has 35 heavy (non-hydrogen) atoms. The summed E-state index contributed by atoms with van der Waals surface area (Å²) in [6.07, 6.45) is -0.590. The number of para-hydroxylation sites is 1. The Morgan fingerprint density at radius 1 is 1.17 bits per heavy atom. The number of fused-ring (bicyclic) bond motifs is 2. The minimum absolute atomic E-state index is 0.0762. The summed E-state index contributed by atoms with van der Waals surface area (Å²) in [5.41, 5.74) is 2.61. The molecule has 2 aliphatic rings. The maximum absolute atomic E-state index is 16.1. The Bertz CT molecular complexity index is 1310. The molecule has 1 amide bonds. The molecular formula is C27H26ClF2N3O2. The van der Waals surface area contributed by atoms with Gasteiger partial charge in [-0.2, -0.15) is 0 Å². The number of halogens is 3. The molecular weight excluding hydrogens is 472 g/mol. The van der Waals surface area contributed by atoms with Gasteiger partial charge in [0.05, 0.1) is 11.1 Å². The number of amides is 1. The lowest BCUT2D eigenvalue weighted by Crippen LogP contribution is -2.52. The van der Waals surface area contributed by atoms with Crippen LogP contribution in [-0.4, -0.2) is 24.3 Å². The monoisotopic (exact) mass is 497 g/mol. The van der Waals surface area contributed by atoms with E-state index in [-0.39, 0.29) is 5.56 Å². The normalized spacial score (nSPS) is 19.7. The summed E-state index contributed by atoms with van der Waals surface area (Å²) in [7, 11) is 0. The Labute approximate surface area is 207 Å². The van der Waals surface area contributed by atoms with Crippen molar-refractivity contribution in [2.75, 3.05) is 22.5 Å². The molecule has 0 radical (unpaired) electrons. The van der Waals surface area contributed by atoms with E-state index in [1.807, 2.05) is 26.0 Å². The van der Waals surface area contributed by atoms with Crippen molar-refractivity contribution < 1.29 is 18.3 Å². The highest BCUT2D eigenvalue weighted by Crippen LogP contribution is 2.47. The first kappa shape index (κ1) is 23.4. The highest BCUT2D eigenvalue weighted by Gasteiger charge is 2.45. The van der Waals surface area contributed by atoms with Gasteiger partial charge in [-0.25, -0.2) is 13.6 Å². The molecule has 182 valence electrons. The molecule has 0 spiro atoms. The van der Waals surface area contributed by atoms with Gasteiger partial charge in [-0.1, -0.05) is 36.7 Å². The van der Waals surface area contributed by atoms with Crippen LogP contribution in [0.4, 0.5) is 30.6 Å². The van der Waals surface area contributed by atoms with E-state index in [1.54, 1.807) is 37.3 Å². The van der Waals surface area contributed by atoms with Crippen molar-refractivity contribution in [2.24, 2.45) is 0 Å². The summed E-state index contributed by atoms with van der Waals surface area (Å²) >= 11 is 5.90. The predicted octanol–water partition coefficient (Wildman–Crippen LogP) is 7.18. The molecule has 0 aromatic heterocycles. The molecule has 2 aliphatic heterocycles. The van der Waals surface area contributed by atoms with E-state index in [9.17, 15) is 4.79 Å². The molecule has 0 unspecified atom stereocenters. The van der Waals surface area contributed by atoms with Gasteiger partial charge in [-0.05, 0) is 56.2 Å². The molecule has 3 N–H and O–H groups in total. The molecule has 3 aromatic carbocycles. The third kappa shape index (κ3) is 4.18. The molecule has 2 atom stereocenters. The summed E-state index contributed by atoms with van der Waals surface area (Å²) in [5, 5.41) is 9.66. The quantitative estimate of drug-likeness (QED) is 0.358. The van der Waals surface area contributed by atoms with Crippen LogP contribution in [0.15, 0.2) is 48.5 Å². The molecule has 0 fully saturated rings. The van der Waals surface area contributed by atoms with Gasteiger partial charge in [0, 0.05) is 45.7 Å². The lowest BCUT2D eigenvalue weighted by atomic mass is 9.77. The van der Waals surface area contributed by atoms with Crippen LogP contribution >= 0.6 is 11.6 Å². The molecule has 5 rings (SSSR count). The number of carbonyl (C=O) groups excluding carboxylic acids is 1. The number of benzene rings is 3. The summed E-state index contributed by atoms with van der Waals surface area (Å²) < 4.78 is 37.2. The lowest BCUT2D eigenvalue weighted by molar-refractivity contribution is 0.0561. The molecule has 3 aromatic rings. The number of carbonyl (C=O) groups is 1. The Morgan fingerprint density at radius 2 is 1.91 bits per heavy atom. The van der Waals surface area contributed by atoms with Gasteiger partial charge in [-0.3, -0.25) is 5.32 Å². The summed E-state index contributed by atoms with van der Waals surface area (Å²) in [6, 6.07) is 13.5. The Morgan fingerprint density at radius 3 is 2.66 bits per heavy atom. The minimum atomic E-state index is -0.778. The van der Waals surface area contributed by atoms with E-state index in [1.165, 1.54) is 6.07 Å². The van der Waals surface area contributed by atoms with Crippen molar-refractivity contribution in [3.8, 4) is 11.1 Å². The van der Waals surface area contributed by atoms with Gasteiger partial charge in [-0.15, -0.1) is 0 Å². The van der Waals surface area contributed by atoms with Gasteiger partial charge >= 0.3 is 6.09 Å². The van der Waals surface area contributed by atoms with Crippen LogP contribution in [0.5, 0.6) is 0 Å². The van der Waals surface area contributed by atoms with E-state index < -0.39 is 35.3 Å². The lowest BCUT2D eigenvalue weighted by Gasteiger charge is -2.44. The SMILES string of the molecule is C[C@H]1c2c(cc(F)c(-c3cccc4c3NCC4)c2F)NC(C)(C)[C@@H]1OC(=O)Nc1ccc(Cl)cc1. The van der Waals surface area contributed by atoms with Crippen molar-refractivity contribution in [3.05, 3.63) is 76.3 Å². The fraction of sp³-hybridized carbons (Fsp3) is 0.296. The zero-order valence-corrected chi connectivity index (χ0v) is 20.4. The van der Waals surface area contributed by atoms with Crippen LogP contribution in [-0.2, 0) is 11.2 Å². The number of ether oxygens (including phenoxy) is 1. The first-order chi connectivity index (χ1) is 16.7. The van der Waals surface area contributed by atoms with Crippen LogP contribution in [0.2, 0.25) is 5.02 Å². The van der Waals surface area contributed by atoms with Crippen molar-refractivity contribution >= 4 is 34.8 Å². The molecule has 5 nitrogen and oxygen atoms in total. The first-order valence-electron chi connectivity index (χ1n) is 11.5. The number of hydrogen-bond acceptors (Lipinski definition) is 4. The summed E-state index contributed by atoms with van der Waals surface area (Å²) in [6.45, 7) is 6.19. The fourth-order valence-electron chi connectivity index (χ4n) is 5.22. The highest BCUT2D eigenvalue weighted by atomic mass is 35.5. The third-order valence-electron chi connectivity index (χ3n) is 6.77. The largest absolute Gasteiger partial charge is 0.443 e. The van der Waals surface area contributed by atoms with Crippen molar-refractivity contribution in [1.29, 1.82) is 0 Å². The zero-order chi connectivity index (χ0) is 24.9. The van der Waals surface area contributed by atoms with E-state index in [0.29, 0.717) is 27.5 Å². The van der Waals surface area contributed by atoms with E-state index in [2.05, 4.69) is 16.0 Å². The van der Waals surface area contributed by atoms with Crippen LogP contribution in [0.3, 0.4) is 0 Å². The van der Waals surface area contributed by atoms with E-state index in [4.69, 9.17) is 16.3 Å². The van der Waals surface area contributed by atoms with Crippen LogP contribution < -0.4 is 16.0 Å². The van der Waals surface area contributed by atoms with Gasteiger partial charge in [0.2, 0.25) is 0 Å². The van der Waals surface area contributed by atoms with Crippen LogP contribution in [0.25, 0.3) is 11.1 Å². The summed E-state index contributed by atoms with van der Waals surface area (Å²) in [5.74, 6) is -1.83. The topological polar surface area (TPSA) is 62.4 Å². The number of hydrogen-bond donors (Lipinski definition) is 3. The second-order valence-electron chi connectivity index (χ2n) is 9.62. The number of rotatable bonds is 3. The second kappa shape index (κ2) is 8.72. The second-order valence-corrected chi connectivity index (χ2v) is 10.1. The molecule has 0 saturated carbocycles. The third-order valence-corrected chi connectivity index (χ3v) is 7.03. The molecule has 8 heteroatoms.